The standard InChI is InChI=1S/C21H22Cl2N2O2/c1-3-13(2)14-4-7-17(8-5-14)25-12-15(10-20(25)26)21(27)24-16-6-9-18(22)19(23)11-16/h4-9,11,13,15H,3,10,12H2,1-2H3,(H,24,27)/t13-,15+/m1/s1. The topological polar surface area (TPSA) is 49.4 Å². The Balaban J connectivity index is 1.67. The van der Waals surface area contributed by atoms with Crippen molar-refractivity contribution in [3.63, 3.8) is 0 Å². The number of carbonyl (C=O) groups excluding carboxylic acids is 2. The summed E-state index contributed by atoms with van der Waals surface area (Å²) in [4.78, 5) is 26.7. The van der Waals surface area contributed by atoms with E-state index >= 15 is 0 Å². The van der Waals surface area contributed by atoms with Crippen molar-refractivity contribution < 1.29 is 9.59 Å². The van der Waals surface area contributed by atoms with E-state index in [9.17, 15) is 9.59 Å². The first-order chi connectivity index (χ1) is 12.9. The molecule has 1 heterocycles. The van der Waals surface area contributed by atoms with Crippen molar-refractivity contribution in [2.75, 3.05) is 16.8 Å². The van der Waals surface area contributed by atoms with Crippen LogP contribution in [0.1, 0.15) is 38.2 Å². The molecule has 2 amide bonds. The van der Waals surface area contributed by atoms with Crippen LogP contribution in [0.4, 0.5) is 11.4 Å². The van der Waals surface area contributed by atoms with Crippen LogP contribution in [0.15, 0.2) is 42.5 Å². The summed E-state index contributed by atoms with van der Waals surface area (Å²) in [7, 11) is 0. The quantitative estimate of drug-likeness (QED) is 0.714. The molecule has 0 aliphatic carbocycles. The molecule has 0 aromatic heterocycles. The maximum Gasteiger partial charge on any atom is 0.229 e. The van der Waals surface area contributed by atoms with Crippen molar-refractivity contribution in [2.45, 2.75) is 32.6 Å². The van der Waals surface area contributed by atoms with Crippen LogP contribution in [-0.4, -0.2) is 18.4 Å². The minimum Gasteiger partial charge on any atom is -0.326 e. The van der Waals surface area contributed by atoms with E-state index in [0.717, 1.165) is 12.1 Å². The summed E-state index contributed by atoms with van der Waals surface area (Å²) in [6.45, 7) is 4.70. The Labute approximate surface area is 169 Å². The molecule has 2 atom stereocenters. The molecule has 142 valence electrons. The summed E-state index contributed by atoms with van der Waals surface area (Å²) < 4.78 is 0. The number of benzene rings is 2. The third-order valence-electron chi connectivity index (χ3n) is 5.07. The number of anilines is 2. The summed E-state index contributed by atoms with van der Waals surface area (Å²) >= 11 is 11.9. The molecule has 1 fully saturated rings. The fourth-order valence-corrected chi connectivity index (χ4v) is 3.47. The Bertz CT molecular complexity index is 852. The second-order valence-corrected chi connectivity index (χ2v) is 7.74. The number of nitrogens with one attached hydrogen (secondary N) is 1. The highest BCUT2D eigenvalue weighted by molar-refractivity contribution is 6.42. The maximum atomic E-state index is 12.5. The van der Waals surface area contributed by atoms with Gasteiger partial charge in [0.05, 0.1) is 16.0 Å². The predicted molar refractivity (Wildman–Crippen MR) is 111 cm³/mol. The van der Waals surface area contributed by atoms with Gasteiger partial charge in [-0.15, -0.1) is 0 Å². The van der Waals surface area contributed by atoms with Crippen LogP contribution in [0.3, 0.4) is 0 Å². The third-order valence-corrected chi connectivity index (χ3v) is 5.81. The van der Waals surface area contributed by atoms with Gasteiger partial charge < -0.3 is 10.2 Å². The van der Waals surface area contributed by atoms with Gasteiger partial charge in [-0.25, -0.2) is 0 Å². The van der Waals surface area contributed by atoms with Crippen LogP contribution >= 0.6 is 23.2 Å². The van der Waals surface area contributed by atoms with Crippen LogP contribution in [0.25, 0.3) is 0 Å². The molecule has 2 aromatic carbocycles. The van der Waals surface area contributed by atoms with Crippen molar-refractivity contribution in [3.05, 3.63) is 58.1 Å². The van der Waals surface area contributed by atoms with Crippen LogP contribution in [0, 0.1) is 5.92 Å². The molecule has 0 saturated carbocycles. The number of rotatable bonds is 5. The summed E-state index contributed by atoms with van der Waals surface area (Å²) in [6.07, 6.45) is 1.26. The van der Waals surface area contributed by atoms with E-state index in [4.69, 9.17) is 23.2 Å². The smallest absolute Gasteiger partial charge is 0.229 e. The lowest BCUT2D eigenvalue weighted by molar-refractivity contribution is -0.122. The Morgan fingerprint density at radius 2 is 1.89 bits per heavy atom. The molecule has 4 nitrogen and oxygen atoms in total. The summed E-state index contributed by atoms with van der Waals surface area (Å²) in [6, 6.07) is 12.9. The average Bonchev–Trinajstić information content (AvgIpc) is 3.06. The van der Waals surface area contributed by atoms with Gasteiger partial charge >= 0.3 is 0 Å². The number of carbonyl (C=O) groups is 2. The van der Waals surface area contributed by atoms with E-state index in [2.05, 4.69) is 31.3 Å². The summed E-state index contributed by atoms with van der Waals surface area (Å²) in [5, 5.41) is 3.62. The average molecular weight is 405 g/mol. The van der Waals surface area contributed by atoms with Gasteiger partial charge in [0.15, 0.2) is 0 Å². The normalized spacial score (nSPS) is 17.9. The Morgan fingerprint density at radius 1 is 1.19 bits per heavy atom. The summed E-state index contributed by atoms with van der Waals surface area (Å²) in [5.41, 5.74) is 2.65. The van der Waals surface area contributed by atoms with Crippen LogP contribution in [-0.2, 0) is 9.59 Å². The first-order valence-corrected chi connectivity index (χ1v) is 9.81. The first kappa shape index (κ1) is 19.7. The van der Waals surface area contributed by atoms with Gasteiger partial charge in [0.1, 0.15) is 0 Å². The highest BCUT2D eigenvalue weighted by atomic mass is 35.5. The molecule has 27 heavy (non-hydrogen) atoms. The molecule has 1 aliphatic rings. The van der Waals surface area contributed by atoms with Gasteiger partial charge in [-0.3, -0.25) is 9.59 Å². The summed E-state index contributed by atoms with van der Waals surface area (Å²) in [5.74, 6) is -0.153. The molecule has 0 bridgehead atoms. The van der Waals surface area contributed by atoms with E-state index in [-0.39, 0.29) is 18.2 Å². The van der Waals surface area contributed by atoms with Crippen LogP contribution in [0.2, 0.25) is 10.0 Å². The molecule has 0 spiro atoms. The minimum absolute atomic E-state index is 0.0411. The Kier molecular flexibility index (Phi) is 6.08. The number of amides is 2. The van der Waals surface area contributed by atoms with Crippen molar-refractivity contribution in [1.29, 1.82) is 0 Å². The lowest BCUT2D eigenvalue weighted by Gasteiger charge is -2.18. The maximum absolute atomic E-state index is 12.5. The second kappa shape index (κ2) is 8.32. The highest BCUT2D eigenvalue weighted by Gasteiger charge is 2.35. The lowest BCUT2D eigenvalue weighted by Crippen LogP contribution is -2.28. The Morgan fingerprint density at radius 3 is 2.52 bits per heavy atom. The lowest BCUT2D eigenvalue weighted by atomic mass is 9.98. The fourth-order valence-electron chi connectivity index (χ4n) is 3.17. The molecule has 6 heteroatoms. The molecular formula is C21H22Cl2N2O2. The molecule has 1 saturated heterocycles. The van der Waals surface area contributed by atoms with Crippen molar-refractivity contribution in [1.82, 2.24) is 0 Å². The first-order valence-electron chi connectivity index (χ1n) is 9.05. The Hall–Kier alpha value is -2.04. The zero-order valence-corrected chi connectivity index (χ0v) is 16.8. The van der Waals surface area contributed by atoms with Gasteiger partial charge in [0.25, 0.3) is 0 Å². The SMILES string of the molecule is CC[C@@H](C)c1ccc(N2C[C@@H](C(=O)Nc3ccc(Cl)c(Cl)c3)CC2=O)cc1. The number of nitrogens with zero attached hydrogens (tertiary/aromatic N) is 1. The number of hydrogen-bond donors (Lipinski definition) is 1. The second-order valence-electron chi connectivity index (χ2n) is 6.92. The van der Waals surface area contributed by atoms with Crippen LogP contribution < -0.4 is 10.2 Å². The zero-order valence-electron chi connectivity index (χ0n) is 15.3. The zero-order chi connectivity index (χ0) is 19.6. The monoisotopic (exact) mass is 404 g/mol. The third kappa shape index (κ3) is 4.45. The van der Waals surface area contributed by atoms with Gasteiger partial charge in [0.2, 0.25) is 11.8 Å². The van der Waals surface area contributed by atoms with E-state index in [0.29, 0.717) is 28.2 Å². The van der Waals surface area contributed by atoms with E-state index < -0.39 is 5.92 Å². The molecule has 1 N–H and O–H groups in total. The fraction of sp³-hybridized carbons (Fsp3) is 0.333. The van der Waals surface area contributed by atoms with Crippen molar-refractivity contribution >= 4 is 46.4 Å². The van der Waals surface area contributed by atoms with Gasteiger partial charge in [-0.1, -0.05) is 49.2 Å². The van der Waals surface area contributed by atoms with Crippen molar-refractivity contribution in [2.24, 2.45) is 5.92 Å². The van der Waals surface area contributed by atoms with Gasteiger partial charge in [-0.05, 0) is 48.2 Å². The number of hydrogen-bond acceptors (Lipinski definition) is 2. The molecular weight excluding hydrogens is 383 g/mol. The van der Waals surface area contributed by atoms with Crippen LogP contribution in [0.5, 0.6) is 0 Å². The van der Waals surface area contributed by atoms with Gasteiger partial charge in [0, 0.05) is 24.3 Å². The largest absolute Gasteiger partial charge is 0.326 e. The van der Waals surface area contributed by atoms with Gasteiger partial charge in [-0.2, -0.15) is 0 Å². The minimum atomic E-state index is -0.402. The van der Waals surface area contributed by atoms with E-state index in [1.807, 2.05) is 12.1 Å². The molecule has 0 unspecified atom stereocenters. The predicted octanol–water partition coefficient (Wildman–Crippen LogP) is 5.50. The van der Waals surface area contributed by atoms with Crippen molar-refractivity contribution in [3.8, 4) is 0 Å². The molecule has 0 radical (unpaired) electrons. The highest BCUT2D eigenvalue weighted by Crippen LogP contribution is 2.29. The van der Waals surface area contributed by atoms with E-state index in [1.54, 1.807) is 23.1 Å². The van der Waals surface area contributed by atoms with E-state index in [1.165, 1.54) is 5.56 Å². The number of halogens is 2. The molecule has 1 aliphatic heterocycles. The molecule has 2 aromatic rings. The molecule has 3 rings (SSSR count).